The van der Waals surface area contributed by atoms with Crippen molar-refractivity contribution in [1.82, 2.24) is 4.57 Å². The van der Waals surface area contributed by atoms with E-state index in [0.717, 1.165) is 4.70 Å². The van der Waals surface area contributed by atoms with E-state index in [-0.39, 0.29) is 11.6 Å². The maximum absolute atomic E-state index is 12.0. The summed E-state index contributed by atoms with van der Waals surface area (Å²) < 4.78 is 2.40. The molecule has 0 amide bonds. The standard InChI is InChI=1S/C11H12N2OS/c1-7(2)13-10(14)8-5-3-4-6-9(8)15-11(13)12/h3-7,12H,1-2H3. The number of fused-ring (bicyclic) bond motifs is 1. The minimum absolute atomic E-state index is 0.0332. The van der Waals surface area contributed by atoms with Gasteiger partial charge in [0.2, 0.25) is 0 Å². The van der Waals surface area contributed by atoms with Gasteiger partial charge < -0.3 is 0 Å². The Balaban J connectivity index is 2.97. The second kappa shape index (κ2) is 3.62. The van der Waals surface area contributed by atoms with Crippen molar-refractivity contribution in [2.45, 2.75) is 19.9 Å². The molecule has 0 atom stereocenters. The molecule has 0 saturated heterocycles. The van der Waals surface area contributed by atoms with Gasteiger partial charge in [-0.1, -0.05) is 23.5 Å². The van der Waals surface area contributed by atoms with E-state index in [1.54, 1.807) is 0 Å². The van der Waals surface area contributed by atoms with Gasteiger partial charge in [0.15, 0.2) is 4.80 Å². The first-order valence-electron chi connectivity index (χ1n) is 4.80. The largest absolute Gasteiger partial charge is 0.282 e. The second-order valence-electron chi connectivity index (χ2n) is 3.67. The van der Waals surface area contributed by atoms with Crippen LogP contribution in [-0.2, 0) is 0 Å². The van der Waals surface area contributed by atoms with Crippen LogP contribution in [0.4, 0.5) is 0 Å². The minimum Gasteiger partial charge on any atom is -0.282 e. The summed E-state index contributed by atoms with van der Waals surface area (Å²) >= 11 is 1.34. The fraction of sp³-hybridized carbons (Fsp3) is 0.273. The van der Waals surface area contributed by atoms with E-state index >= 15 is 0 Å². The van der Waals surface area contributed by atoms with E-state index in [1.807, 2.05) is 38.1 Å². The molecule has 1 heterocycles. The zero-order chi connectivity index (χ0) is 11.0. The van der Waals surface area contributed by atoms with Crippen molar-refractivity contribution in [3.63, 3.8) is 0 Å². The Hall–Kier alpha value is -1.42. The lowest BCUT2D eigenvalue weighted by molar-refractivity contribution is 0.562. The number of hydrogen-bond donors (Lipinski definition) is 1. The van der Waals surface area contributed by atoms with Crippen molar-refractivity contribution < 1.29 is 0 Å². The van der Waals surface area contributed by atoms with E-state index in [9.17, 15) is 4.79 Å². The third-order valence-electron chi connectivity index (χ3n) is 2.28. The van der Waals surface area contributed by atoms with Gasteiger partial charge in [-0.3, -0.25) is 14.8 Å². The predicted octanol–water partition coefficient (Wildman–Crippen LogP) is 2.12. The maximum atomic E-state index is 12.0. The summed E-state index contributed by atoms with van der Waals surface area (Å²) in [4.78, 5) is 12.4. The number of nitrogens with zero attached hydrogens (tertiary/aromatic N) is 1. The molecule has 0 radical (unpaired) electrons. The van der Waals surface area contributed by atoms with E-state index in [0.29, 0.717) is 10.2 Å². The highest BCUT2D eigenvalue weighted by atomic mass is 32.1. The number of hydrogen-bond acceptors (Lipinski definition) is 3. The number of rotatable bonds is 1. The molecule has 1 aromatic carbocycles. The third-order valence-corrected chi connectivity index (χ3v) is 3.24. The molecule has 0 unspecified atom stereocenters. The molecule has 0 aliphatic carbocycles. The van der Waals surface area contributed by atoms with Gasteiger partial charge in [-0.05, 0) is 26.0 Å². The molecule has 0 aliphatic heterocycles. The molecule has 0 saturated carbocycles. The number of nitrogens with one attached hydrogen (secondary N) is 1. The van der Waals surface area contributed by atoms with Gasteiger partial charge in [0.05, 0.1) is 5.39 Å². The van der Waals surface area contributed by atoms with Crippen molar-refractivity contribution in [3.05, 3.63) is 39.4 Å². The van der Waals surface area contributed by atoms with Crippen LogP contribution in [0.3, 0.4) is 0 Å². The Kier molecular flexibility index (Phi) is 2.44. The first-order valence-corrected chi connectivity index (χ1v) is 5.62. The average Bonchev–Trinajstić information content (AvgIpc) is 2.17. The van der Waals surface area contributed by atoms with Gasteiger partial charge in [0.25, 0.3) is 5.56 Å². The smallest absolute Gasteiger partial charge is 0.261 e. The van der Waals surface area contributed by atoms with Gasteiger partial charge >= 0.3 is 0 Å². The van der Waals surface area contributed by atoms with Gasteiger partial charge in [0.1, 0.15) is 0 Å². The molecule has 0 spiro atoms. The zero-order valence-corrected chi connectivity index (χ0v) is 9.47. The van der Waals surface area contributed by atoms with Gasteiger partial charge in [-0.2, -0.15) is 0 Å². The van der Waals surface area contributed by atoms with Crippen LogP contribution in [0.5, 0.6) is 0 Å². The lowest BCUT2D eigenvalue weighted by Crippen LogP contribution is -2.32. The van der Waals surface area contributed by atoms with Crippen LogP contribution in [-0.4, -0.2) is 4.57 Å². The molecule has 78 valence electrons. The van der Waals surface area contributed by atoms with Crippen molar-refractivity contribution >= 4 is 21.4 Å². The maximum Gasteiger partial charge on any atom is 0.261 e. The molecular weight excluding hydrogens is 208 g/mol. The SMILES string of the molecule is CC(C)n1c(=N)sc2ccccc2c1=O. The van der Waals surface area contributed by atoms with Crippen molar-refractivity contribution in [3.8, 4) is 0 Å². The highest BCUT2D eigenvalue weighted by Crippen LogP contribution is 2.12. The average molecular weight is 220 g/mol. The molecule has 2 aromatic rings. The molecule has 15 heavy (non-hydrogen) atoms. The van der Waals surface area contributed by atoms with E-state index in [4.69, 9.17) is 5.41 Å². The lowest BCUT2D eigenvalue weighted by atomic mass is 10.3. The summed E-state index contributed by atoms with van der Waals surface area (Å²) in [7, 11) is 0. The second-order valence-corrected chi connectivity index (χ2v) is 4.70. The molecule has 4 heteroatoms. The zero-order valence-electron chi connectivity index (χ0n) is 8.65. The Morgan fingerprint density at radius 3 is 2.67 bits per heavy atom. The summed E-state index contributed by atoms with van der Waals surface area (Å²) in [6, 6.07) is 7.46. The Morgan fingerprint density at radius 1 is 1.33 bits per heavy atom. The molecule has 2 rings (SSSR count). The van der Waals surface area contributed by atoms with E-state index in [1.165, 1.54) is 15.9 Å². The monoisotopic (exact) mass is 220 g/mol. The quantitative estimate of drug-likeness (QED) is 0.786. The highest BCUT2D eigenvalue weighted by molar-refractivity contribution is 7.15. The predicted molar refractivity (Wildman–Crippen MR) is 62.3 cm³/mol. The van der Waals surface area contributed by atoms with Crippen LogP contribution in [0, 0.1) is 5.41 Å². The summed E-state index contributed by atoms with van der Waals surface area (Å²) in [6.45, 7) is 3.84. The molecule has 1 aromatic heterocycles. The lowest BCUT2D eigenvalue weighted by Gasteiger charge is -2.09. The fourth-order valence-electron chi connectivity index (χ4n) is 1.58. The van der Waals surface area contributed by atoms with E-state index < -0.39 is 0 Å². The molecular formula is C11H12N2OS. The van der Waals surface area contributed by atoms with Crippen molar-refractivity contribution in [1.29, 1.82) is 5.41 Å². The normalized spacial score (nSPS) is 11.1. The van der Waals surface area contributed by atoms with Crippen LogP contribution in [0.25, 0.3) is 10.1 Å². The Labute approximate surface area is 91.1 Å². The molecule has 0 fully saturated rings. The van der Waals surface area contributed by atoms with Gasteiger partial charge in [-0.25, -0.2) is 0 Å². The van der Waals surface area contributed by atoms with Crippen molar-refractivity contribution in [2.75, 3.05) is 0 Å². The third kappa shape index (κ3) is 1.61. The summed E-state index contributed by atoms with van der Waals surface area (Å²) in [5.74, 6) is 0. The number of aromatic nitrogens is 1. The summed E-state index contributed by atoms with van der Waals surface area (Å²) in [6.07, 6.45) is 0. The number of benzene rings is 1. The van der Waals surface area contributed by atoms with Crippen LogP contribution < -0.4 is 10.4 Å². The minimum atomic E-state index is -0.0654. The van der Waals surface area contributed by atoms with Crippen molar-refractivity contribution in [2.24, 2.45) is 0 Å². The highest BCUT2D eigenvalue weighted by Gasteiger charge is 2.07. The molecule has 1 N–H and O–H groups in total. The van der Waals surface area contributed by atoms with E-state index in [2.05, 4.69) is 0 Å². The fourth-order valence-corrected chi connectivity index (χ4v) is 2.59. The molecule has 3 nitrogen and oxygen atoms in total. The van der Waals surface area contributed by atoms with Gasteiger partial charge in [-0.15, -0.1) is 0 Å². The topological polar surface area (TPSA) is 45.9 Å². The van der Waals surface area contributed by atoms with Gasteiger partial charge in [0, 0.05) is 10.7 Å². The van der Waals surface area contributed by atoms with Crippen LogP contribution >= 0.6 is 11.3 Å². The first-order chi connectivity index (χ1) is 7.11. The summed E-state index contributed by atoms with van der Waals surface area (Å²) in [5.41, 5.74) is -0.0654. The first kappa shape index (κ1) is 10.1. The molecule has 0 aliphatic rings. The van der Waals surface area contributed by atoms with Crippen LogP contribution in [0.1, 0.15) is 19.9 Å². The van der Waals surface area contributed by atoms with Crippen LogP contribution in [0.2, 0.25) is 0 Å². The molecule has 0 bridgehead atoms. The Morgan fingerprint density at radius 2 is 2.00 bits per heavy atom. The van der Waals surface area contributed by atoms with Crippen LogP contribution in [0.15, 0.2) is 29.1 Å². The summed E-state index contributed by atoms with van der Waals surface area (Å²) in [5, 5.41) is 8.51. The Bertz CT molecular complexity index is 610.